The molecule has 0 unspecified atom stereocenters. The van der Waals surface area contributed by atoms with Crippen molar-refractivity contribution in [1.82, 2.24) is 9.55 Å². The van der Waals surface area contributed by atoms with E-state index >= 15 is 0 Å². The van der Waals surface area contributed by atoms with Crippen LogP contribution in [-0.4, -0.2) is 23.3 Å². The lowest BCUT2D eigenvalue weighted by molar-refractivity contribution is 0.339. The van der Waals surface area contributed by atoms with Gasteiger partial charge in [0.1, 0.15) is 11.5 Å². The van der Waals surface area contributed by atoms with E-state index in [2.05, 4.69) is 10.3 Å². The number of anilines is 1. The van der Waals surface area contributed by atoms with Crippen LogP contribution in [0.15, 0.2) is 65.7 Å². The minimum Gasteiger partial charge on any atom is -0.496 e. The highest BCUT2D eigenvalue weighted by Crippen LogP contribution is 2.21. The van der Waals surface area contributed by atoms with Crippen molar-refractivity contribution in [3.05, 3.63) is 76.8 Å². The standard InChI is InChI=1S/C20H21N3O3/c1-3-26-18-11-7-5-9-16(18)23-13-12-21-19(20(23)24)22-14-15-8-4-6-10-17(15)25-2/h4-13H,3,14H2,1-2H3,(H,21,22). The summed E-state index contributed by atoms with van der Waals surface area (Å²) in [6.45, 7) is 2.87. The smallest absolute Gasteiger partial charge is 0.297 e. The number of nitrogens with one attached hydrogen (secondary N) is 1. The van der Waals surface area contributed by atoms with Gasteiger partial charge in [-0.05, 0) is 25.1 Å². The molecule has 0 radical (unpaired) electrons. The molecule has 0 saturated heterocycles. The van der Waals surface area contributed by atoms with Crippen LogP contribution in [0.1, 0.15) is 12.5 Å². The highest BCUT2D eigenvalue weighted by Gasteiger charge is 2.11. The van der Waals surface area contributed by atoms with Crippen molar-refractivity contribution >= 4 is 5.82 Å². The van der Waals surface area contributed by atoms with Gasteiger partial charge in [0.15, 0.2) is 5.82 Å². The average Bonchev–Trinajstić information content (AvgIpc) is 2.68. The third-order valence-corrected chi connectivity index (χ3v) is 3.90. The predicted molar refractivity (Wildman–Crippen MR) is 101 cm³/mol. The molecule has 0 saturated carbocycles. The molecule has 26 heavy (non-hydrogen) atoms. The summed E-state index contributed by atoms with van der Waals surface area (Å²) in [4.78, 5) is 17.0. The number of methoxy groups -OCH3 is 1. The van der Waals surface area contributed by atoms with Crippen LogP contribution in [0.4, 0.5) is 5.82 Å². The monoisotopic (exact) mass is 351 g/mol. The SMILES string of the molecule is CCOc1ccccc1-n1ccnc(NCc2ccccc2OC)c1=O. The summed E-state index contributed by atoms with van der Waals surface area (Å²) in [5, 5.41) is 3.10. The lowest BCUT2D eigenvalue weighted by Crippen LogP contribution is -2.23. The fraction of sp³-hybridized carbons (Fsp3) is 0.200. The maximum atomic E-state index is 12.9. The molecule has 1 heterocycles. The summed E-state index contributed by atoms with van der Waals surface area (Å²) >= 11 is 0. The van der Waals surface area contributed by atoms with Crippen LogP contribution < -0.4 is 20.3 Å². The van der Waals surface area contributed by atoms with Gasteiger partial charge in [0, 0.05) is 24.5 Å². The third-order valence-electron chi connectivity index (χ3n) is 3.90. The fourth-order valence-electron chi connectivity index (χ4n) is 2.68. The number of hydrogen-bond acceptors (Lipinski definition) is 5. The minimum absolute atomic E-state index is 0.241. The van der Waals surface area contributed by atoms with Crippen LogP contribution in [-0.2, 0) is 6.54 Å². The minimum atomic E-state index is -0.241. The first-order chi connectivity index (χ1) is 12.7. The highest BCUT2D eigenvalue weighted by atomic mass is 16.5. The molecule has 1 N–H and O–H groups in total. The molecule has 0 aliphatic heterocycles. The van der Waals surface area contributed by atoms with Crippen molar-refractivity contribution in [1.29, 1.82) is 0 Å². The van der Waals surface area contributed by atoms with Gasteiger partial charge in [-0.2, -0.15) is 0 Å². The molecular formula is C20H21N3O3. The Morgan fingerprint density at radius 3 is 2.58 bits per heavy atom. The summed E-state index contributed by atoms with van der Waals surface area (Å²) in [5.41, 5.74) is 1.39. The van der Waals surface area contributed by atoms with Crippen LogP contribution in [0.25, 0.3) is 5.69 Å². The van der Waals surface area contributed by atoms with E-state index in [-0.39, 0.29) is 11.4 Å². The van der Waals surface area contributed by atoms with Crippen molar-refractivity contribution in [2.75, 3.05) is 19.0 Å². The number of rotatable bonds is 7. The van der Waals surface area contributed by atoms with Gasteiger partial charge in [-0.25, -0.2) is 4.98 Å². The molecule has 6 nitrogen and oxygen atoms in total. The maximum absolute atomic E-state index is 12.9. The van der Waals surface area contributed by atoms with E-state index in [0.29, 0.717) is 24.6 Å². The molecule has 134 valence electrons. The summed E-state index contributed by atoms with van der Waals surface area (Å²) in [6.07, 6.45) is 3.23. The second kappa shape index (κ2) is 8.20. The van der Waals surface area contributed by atoms with E-state index < -0.39 is 0 Å². The van der Waals surface area contributed by atoms with E-state index in [1.807, 2.05) is 55.5 Å². The zero-order chi connectivity index (χ0) is 18.4. The van der Waals surface area contributed by atoms with E-state index in [1.165, 1.54) is 4.57 Å². The number of ether oxygens (including phenoxy) is 2. The van der Waals surface area contributed by atoms with Crippen LogP contribution in [0.3, 0.4) is 0 Å². The van der Waals surface area contributed by atoms with E-state index in [0.717, 1.165) is 11.3 Å². The molecule has 1 aromatic heterocycles. The van der Waals surface area contributed by atoms with Gasteiger partial charge in [-0.1, -0.05) is 30.3 Å². The van der Waals surface area contributed by atoms with Gasteiger partial charge in [0.2, 0.25) is 0 Å². The molecule has 0 aliphatic rings. The summed E-state index contributed by atoms with van der Waals surface area (Å²) in [5.74, 6) is 1.68. The lowest BCUT2D eigenvalue weighted by Gasteiger charge is -2.13. The second-order valence-electron chi connectivity index (χ2n) is 5.52. The Balaban J connectivity index is 1.90. The van der Waals surface area contributed by atoms with Crippen LogP contribution in [0, 0.1) is 0 Å². The quantitative estimate of drug-likeness (QED) is 0.708. The molecule has 0 atom stereocenters. The van der Waals surface area contributed by atoms with Gasteiger partial charge in [-0.3, -0.25) is 9.36 Å². The van der Waals surface area contributed by atoms with E-state index in [9.17, 15) is 4.79 Å². The Hall–Kier alpha value is -3.28. The Morgan fingerprint density at radius 2 is 1.81 bits per heavy atom. The van der Waals surface area contributed by atoms with E-state index in [1.54, 1.807) is 19.5 Å². The zero-order valence-corrected chi connectivity index (χ0v) is 14.8. The molecule has 2 aromatic carbocycles. The number of para-hydroxylation sites is 3. The van der Waals surface area contributed by atoms with Gasteiger partial charge in [0.05, 0.1) is 19.4 Å². The van der Waals surface area contributed by atoms with Crippen LogP contribution in [0.5, 0.6) is 11.5 Å². The summed E-state index contributed by atoms with van der Waals surface area (Å²) in [7, 11) is 1.62. The van der Waals surface area contributed by atoms with Crippen molar-refractivity contribution in [2.45, 2.75) is 13.5 Å². The van der Waals surface area contributed by atoms with Gasteiger partial charge in [0.25, 0.3) is 5.56 Å². The number of benzene rings is 2. The summed E-state index contributed by atoms with van der Waals surface area (Å²) in [6, 6.07) is 15.1. The van der Waals surface area contributed by atoms with Crippen molar-refractivity contribution in [3.8, 4) is 17.2 Å². The first-order valence-electron chi connectivity index (χ1n) is 8.40. The number of aromatic nitrogens is 2. The first kappa shape index (κ1) is 17.5. The lowest BCUT2D eigenvalue weighted by atomic mass is 10.2. The Bertz CT molecular complexity index is 937. The van der Waals surface area contributed by atoms with Crippen molar-refractivity contribution in [3.63, 3.8) is 0 Å². The summed E-state index contributed by atoms with van der Waals surface area (Å²) < 4.78 is 12.5. The van der Waals surface area contributed by atoms with Gasteiger partial charge >= 0.3 is 0 Å². The number of nitrogens with zero attached hydrogens (tertiary/aromatic N) is 2. The highest BCUT2D eigenvalue weighted by molar-refractivity contribution is 5.48. The molecule has 3 aromatic rings. The van der Waals surface area contributed by atoms with Gasteiger partial charge < -0.3 is 14.8 Å². The Kier molecular flexibility index (Phi) is 5.53. The molecular weight excluding hydrogens is 330 g/mol. The maximum Gasteiger partial charge on any atom is 0.297 e. The van der Waals surface area contributed by atoms with Gasteiger partial charge in [-0.15, -0.1) is 0 Å². The largest absolute Gasteiger partial charge is 0.496 e. The molecule has 0 aliphatic carbocycles. The predicted octanol–water partition coefficient (Wildman–Crippen LogP) is 3.25. The first-order valence-corrected chi connectivity index (χ1v) is 8.40. The van der Waals surface area contributed by atoms with Crippen LogP contribution >= 0.6 is 0 Å². The average molecular weight is 351 g/mol. The topological polar surface area (TPSA) is 65.4 Å². The van der Waals surface area contributed by atoms with Crippen LogP contribution in [0.2, 0.25) is 0 Å². The zero-order valence-electron chi connectivity index (χ0n) is 14.8. The Labute approximate surface area is 152 Å². The second-order valence-corrected chi connectivity index (χ2v) is 5.52. The molecule has 6 heteroatoms. The molecule has 0 spiro atoms. The third kappa shape index (κ3) is 3.69. The molecule has 3 rings (SSSR count). The molecule has 0 bridgehead atoms. The molecule has 0 amide bonds. The normalized spacial score (nSPS) is 10.4. The van der Waals surface area contributed by atoms with Crippen molar-refractivity contribution < 1.29 is 9.47 Å². The number of hydrogen-bond donors (Lipinski definition) is 1. The molecule has 0 fully saturated rings. The Morgan fingerprint density at radius 1 is 1.08 bits per heavy atom. The fourth-order valence-corrected chi connectivity index (χ4v) is 2.68. The van der Waals surface area contributed by atoms with E-state index in [4.69, 9.17) is 9.47 Å². The van der Waals surface area contributed by atoms with Crippen molar-refractivity contribution in [2.24, 2.45) is 0 Å².